The van der Waals surface area contributed by atoms with Crippen LogP contribution in [0.1, 0.15) is 24.1 Å². The maximum atomic E-state index is 14.0. The molecule has 0 unspecified atom stereocenters. The summed E-state index contributed by atoms with van der Waals surface area (Å²) < 4.78 is 48.2. The average Bonchev–Trinajstić information content (AvgIpc) is 3.08. The van der Waals surface area contributed by atoms with Crippen molar-refractivity contribution >= 4 is 35.0 Å². The zero-order valence-corrected chi connectivity index (χ0v) is 18.5. The Bertz CT molecular complexity index is 1410. The fraction of sp³-hybridized carbons (Fsp3) is 0.182. The van der Waals surface area contributed by atoms with Gasteiger partial charge in [0.05, 0.1) is 22.8 Å². The summed E-state index contributed by atoms with van der Waals surface area (Å²) in [6, 6.07) is 7.78. The van der Waals surface area contributed by atoms with E-state index in [1.54, 1.807) is 12.1 Å². The van der Waals surface area contributed by atoms with E-state index in [1.807, 2.05) is 0 Å². The van der Waals surface area contributed by atoms with Crippen molar-refractivity contribution in [3.63, 3.8) is 0 Å². The molecule has 1 atom stereocenters. The maximum absolute atomic E-state index is 14.0. The van der Waals surface area contributed by atoms with Crippen molar-refractivity contribution in [3.8, 4) is 0 Å². The zero-order valence-electron chi connectivity index (χ0n) is 17.0. The summed E-state index contributed by atoms with van der Waals surface area (Å²) >= 11 is 6.75. The summed E-state index contributed by atoms with van der Waals surface area (Å²) in [5.74, 6) is -1.20. The van der Waals surface area contributed by atoms with E-state index >= 15 is 0 Å². The van der Waals surface area contributed by atoms with E-state index in [4.69, 9.17) is 16.3 Å². The van der Waals surface area contributed by atoms with E-state index in [-0.39, 0.29) is 21.5 Å². The fourth-order valence-electron chi connectivity index (χ4n) is 3.41. The predicted octanol–water partition coefficient (Wildman–Crippen LogP) is 3.39. The van der Waals surface area contributed by atoms with E-state index in [0.29, 0.717) is 10.6 Å². The number of hydrogen-bond donors (Lipinski definition) is 0. The average molecular weight is 494 g/mol. The molecule has 1 aliphatic heterocycles. The summed E-state index contributed by atoms with van der Waals surface area (Å²) in [6.07, 6.45) is -0.362. The van der Waals surface area contributed by atoms with Crippen LogP contribution in [0.5, 0.6) is 0 Å². The van der Waals surface area contributed by atoms with Crippen LogP contribution >= 0.6 is 22.9 Å². The number of allylic oxidation sites excluding steroid dienone is 1. The third-order valence-corrected chi connectivity index (χ3v) is 6.02. The topological polar surface area (TPSA) is 73.6 Å². The molecule has 0 aliphatic carbocycles. The van der Waals surface area contributed by atoms with Crippen LogP contribution in [0.3, 0.4) is 0 Å². The number of pyridine rings is 1. The number of aromatic nitrogens is 2. The van der Waals surface area contributed by atoms with Gasteiger partial charge in [-0.15, -0.1) is 0 Å². The van der Waals surface area contributed by atoms with E-state index in [1.165, 1.54) is 49.7 Å². The first-order chi connectivity index (χ1) is 15.7. The molecule has 1 aromatic carbocycles. The van der Waals surface area contributed by atoms with Crippen LogP contribution in [-0.4, -0.2) is 28.3 Å². The van der Waals surface area contributed by atoms with Gasteiger partial charge < -0.3 is 4.74 Å². The van der Waals surface area contributed by atoms with Gasteiger partial charge in [0.2, 0.25) is 0 Å². The fourth-order valence-corrected chi connectivity index (χ4v) is 4.54. The third-order valence-electron chi connectivity index (χ3n) is 4.78. The maximum Gasteiger partial charge on any atom is 0.434 e. The minimum atomic E-state index is -4.95. The molecule has 3 heterocycles. The number of nitrogens with zero attached hydrogens (tertiary/aromatic N) is 3. The molecule has 33 heavy (non-hydrogen) atoms. The van der Waals surface area contributed by atoms with Crippen LogP contribution in [-0.2, 0) is 9.53 Å². The van der Waals surface area contributed by atoms with Gasteiger partial charge in [-0.05, 0) is 48.4 Å². The van der Waals surface area contributed by atoms with Gasteiger partial charge in [-0.3, -0.25) is 14.3 Å². The van der Waals surface area contributed by atoms with Gasteiger partial charge in [-0.25, -0.2) is 9.79 Å². The lowest BCUT2D eigenvalue weighted by Crippen LogP contribution is -2.41. The number of carbonyl (C=O) groups is 1. The van der Waals surface area contributed by atoms with Crippen molar-refractivity contribution in [1.82, 2.24) is 9.55 Å². The number of esters is 1. The molecule has 0 spiro atoms. The molecule has 1 aliphatic rings. The number of carbonyl (C=O) groups excluding carboxylic acids is 1. The first kappa shape index (κ1) is 22.9. The largest absolute Gasteiger partial charge is 0.463 e. The second-order valence-corrected chi connectivity index (χ2v) is 8.34. The van der Waals surface area contributed by atoms with Gasteiger partial charge in [0, 0.05) is 17.4 Å². The lowest BCUT2D eigenvalue weighted by atomic mass is 9.95. The standard InChI is InChI=1S/C22H15ClF3N3O3S/c1-2-32-20(31)16-17(13-3-5-14(23)6-4-13)29-19(30)15(11-12-7-9-27-10-8-12)33-21(29)28-18(16)22(24,25)26/h3-11,17H,2H2,1H3/b15-11-/t17-/m0/s1. The van der Waals surface area contributed by atoms with Crippen molar-refractivity contribution in [2.75, 3.05) is 6.61 Å². The second-order valence-electron chi connectivity index (χ2n) is 6.90. The lowest BCUT2D eigenvalue weighted by molar-refractivity contribution is -0.140. The number of ether oxygens (including phenoxy) is 1. The quantitative estimate of drug-likeness (QED) is 0.522. The highest BCUT2D eigenvalue weighted by atomic mass is 35.5. The molecule has 6 nitrogen and oxygen atoms in total. The number of fused-ring (bicyclic) bond motifs is 1. The number of rotatable bonds is 4. The van der Waals surface area contributed by atoms with Crippen LogP contribution in [0.25, 0.3) is 6.08 Å². The summed E-state index contributed by atoms with van der Waals surface area (Å²) in [5.41, 5.74) is -1.83. The number of thiazole rings is 1. The molecule has 0 amide bonds. The molecule has 0 radical (unpaired) electrons. The Labute approximate surface area is 194 Å². The number of alkyl halides is 3. The monoisotopic (exact) mass is 493 g/mol. The van der Waals surface area contributed by atoms with Gasteiger partial charge in [0.25, 0.3) is 5.56 Å². The minimum Gasteiger partial charge on any atom is -0.463 e. The summed E-state index contributed by atoms with van der Waals surface area (Å²) in [6.45, 7) is 1.33. The van der Waals surface area contributed by atoms with E-state index in [9.17, 15) is 22.8 Å². The van der Waals surface area contributed by atoms with Gasteiger partial charge >= 0.3 is 12.1 Å². The van der Waals surface area contributed by atoms with Crippen molar-refractivity contribution in [3.05, 3.63) is 95.9 Å². The summed E-state index contributed by atoms with van der Waals surface area (Å²) in [4.78, 5) is 33.5. The smallest absolute Gasteiger partial charge is 0.434 e. The Hall–Kier alpha value is -3.24. The van der Waals surface area contributed by atoms with Gasteiger partial charge in [0.15, 0.2) is 10.5 Å². The number of hydrogen-bond acceptors (Lipinski definition) is 6. The third kappa shape index (κ3) is 4.49. The van der Waals surface area contributed by atoms with Gasteiger partial charge in [-0.2, -0.15) is 13.2 Å². The van der Waals surface area contributed by atoms with Crippen LogP contribution in [0.2, 0.25) is 5.02 Å². The van der Waals surface area contributed by atoms with Crippen molar-refractivity contribution in [2.24, 2.45) is 4.99 Å². The molecule has 2 aromatic heterocycles. The molecule has 0 fully saturated rings. The molecule has 0 bridgehead atoms. The van der Waals surface area contributed by atoms with Gasteiger partial charge in [-0.1, -0.05) is 35.1 Å². The highest BCUT2D eigenvalue weighted by Gasteiger charge is 2.45. The Morgan fingerprint density at radius 1 is 1.21 bits per heavy atom. The predicted molar refractivity (Wildman–Crippen MR) is 116 cm³/mol. The first-order valence-corrected chi connectivity index (χ1v) is 10.9. The SMILES string of the molecule is CCOC(=O)C1=C(C(F)(F)F)N=c2s/c(=C\c3ccncc3)c(=O)n2[C@H]1c1ccc(Cl)cc1. The minimum absolute atomic E-state index is 0.146. The van der Waals surface area contributed by atoms with Crippen molar-refractivity contribution in [1.29, 1.82) is 0 Å². The summed E-state index contributed by atoms with van der Waals surface area (Å²) in [7, 11) is 0. The van der Waals surface area contributed by atoms with Crippen molar-refractivity contribution in [2.45, 2.75) is 19.1 Å². The van der Waals surface area contributed by atoms with E-state index < -0.39 is 35.0 Å². The molecule has 0 N–H and O–H groups in total. The molecule has 4 rings (SSSR count). The van der Waals surface area contributed by atoms with E-state index in [0.717, 1.165) is 15.9 Å². The Balaban J connectivity index is 2.06. The summed E-state index contributed by atoms with van der Waals surface area (Å²) in [5, 5.41) is 0.349. The molecular weight excluding hydrogens is 479 g/mol. The molecular formula is C22H15ClF3N3O3S. The van der Waals surface area contributed by atoms with E-state index in [2.05, 4.69) is 9.98 Å². The van der Waals surface area contributed by atoms with Crippen LogP contribution in [0.4, 0.5) is 13.2 Å². The Kier molecular flexibility index (Phi) is 6.22. The first-order valence-electron chi connectivity index (χ1n) is 9.66. The van der Waals surface area contributed by atoms with Crippen molar-refractivity contribution < 1.29 is 22.7 Å². The highest BCUT2D eigenvalue weighted by molar-refractivity contribution is 7.07. The molecule has 0 saturated carbocycles. The molecule has 3 aromatic rings. The second kappa shape index (κ2) is 8.95. The van der Waals surface area contributed by atoms with Crippen LogP contribution < -0.4 is 14.9 Å². The molecule has 11 heteroatoms. The molecule has 0 saturated heterocycles. The van der Waals surface area contributed by atoms with Gasteiger partial charge in [0.1, 0.15) is 0 Å². The Morgan fingerprint density at radius 3 is 2.48 bits per heavy atom. The van der Waals surface area contributed by atoms with Crippen LogP contribution in [0, 0.1) is 0 Å². The normalized spacial score (nSPS) is 16.4. The number of halogens is 4. The lowest BCUT2D eigenvalue weighted by Gasteiger charge is -2.26. The highest BCUT2D eigenvalue weighted by Crippen LogP contribution is 2.38. The zero-order chi connectivity index (χ0) is 23.8. The molecule has 170 valence electrons. The Morgan fingerprint density at radius 2 is 1.88 bits per heavy atom. The van der Waals surface area contributed by atoms with Crippen LogP contribution in [0.15, 0.2) is 69.8 Å². The number of benzene rings is 1.